The summed E-state index contributed by atoms with van der Waals surface area (Å²) in [6, 6.07) is 2.93. The molecule has 2 atom stereocenters. The summed E-state index contributed by atoms with van der Waals surface area (Å²) in [7, 11) is 0. The van der Waals surface area contributed by atoms with Crippen molar-refractivity contribution in [2.45, 2.75) is 32.7 Å². The largest absolute Gasteiger partial charge is 0.365 e. The molecule has 1 fully saturated rings. The maximum Gasteiger partial charge on any atom is 0.150 e. The van der Waals surface area contributed by atoms with Gasteiger partial charge < -0.3 is 10.2 Å². The van der Waals surface area contributed by atoms with Gasteiger partial charge in [-0.3, -0.25) is 0 Å². The minimum atomic E-state index is -0.498. The minimum Gasteiger partial charge on any atom is -0.365 e. The number of nitrogens with one attached hydrogen (secondary N) is 1. The predicted octanol–water partition coefficient (Wildman–Crippen LogP) is 3.94. The van der Waals surface area contributed by atoms with E-state index in [9.17, 15) is 8.78 Å². The number of hydrogen-bond donors (Lipinski definition) is 1. The molecular formula is C15H21BrF2N2. The number of anilines is 1. The third kappa shape index (κ3) is 3.50. The van der Waals surface area contributed by atoms with Gasteiger partial charge in [0.1, 0.15) is 5.69 Å². The quantitative estimate of drug-likeness (QED) is 0.891. The molecule has 112 valence electrons. The van der Waals surface area contributed by atoms with E-state index in [0.29, 0.717) is 23.5 Å². The maximum atomic E-state index is 14.1. The third-order valence-corrected chi connectivity index (χ3v) is 4.51. The molecule has 1 aliphatic heterocycles. The van der Waals surface area contributed by atoms with Gasteiger partial charge in [0.15, 0.2) is 11.6 Å². The maximum absolute atomic E-state index is 14.1. The molecule has 5 heteroatoms. The Morgan fingerprint density at radius 2 is 2.05 bits per heavy atom. The molecule has 0 aliphatic carbocycles. The summed E-state index contributed by atoms with van der Waals surface area (Å²) < 4.78 is 28.6. The van der Waals surface area contributed by atoms with Gasteiger partial charge in [-0.05, 0) is 31.0 Å². The topological polar surface area (TPSA) is 15.3 Å². The summed E-state index contributed by atoms with van der Waals surface area (Å²) >= 11 is 3.12. The first-order valence-corrected chi connectivity index (χ1v) is 7.95. The van der Waals surface area contributed by atoms with E-state index in [0.717, 1.165) is 19.4 Å². The fourth-order valence-corrected chi connectivity index (χ4v) is 3.06. The van der Waals surface area contributed by atoms with Gasteiger partial charge in [-0.15, -0.1) is 0 Å². The van der Waals surface area contributed by atoms with Crippen LogP contribution in [0.15, 0.2) is 16.6 Å². The first-order chi connectivity index (χ1) is 9.52. The van der Waals surface area contributed by atoms with Crippen molar-refractivity contribution in [3.63, 3.8) is 0 Å². The van der Waals surface area contributed by atoms with Crippen LogP contribution in [-0.4, -0.2) is 25.7 Å². The second-order valence-corrected chi connectivity index (χ2v) is 6.38. The van der Waals surface area contributed by atoms with Crippen molar-refractivity contribution >= 4 is 21.6 Å². The number of nitrogens with zero attached hydrogens (tertiary/aromatic N) is 1. The van der Waals surface area contributed by atoms with E-state index < -0.39 is 11.6 Å². The van der Waals surface area contributed by atoms with E-state index >= 15 is 0 Å². The Labute approximate surface area is 127 Å². The van der Waals surface area contributed by atoms with Crippen LogP contribution in [0.3, 0.4) is 0 Å². The van der Waals surface area contributed by atoms with E-state index in [1.165, 1.54) is 12.1 Å². The second kappa shape index (κ2) is 6.85. The molecule has 20 heavy (non-hydrogen) atoms. The van der Waals surface area contributed by atoms with Crippen molar-refractivity contribution in [2.75, 3.05) is 24.5 Å². The van der Waals surface area contributed by atoms with Crippen molar-refractivity contribution in [3.05, 3.63) is 28.2 Å². The molecule has 1 saturated heterocycles. The fourth-order valence-electron chi connectivity index (χ4n) is 2.66. The highest BCUT2D eigenvalue weighted by atomic mass is 79.9. The average Bonchev–Trinajstić information content (AvgIpc) is 2.62. The number of halogens is 3. The Kier molecular flexibility index (Phi) is 5.38. The summed E-state index contributed by atoms with van der Waals surface area (Å²) in [5, 5.41) is 3.49. The van der Waals surface area contributed by atoms with Crippen LogP contribution in [0.4, 0.5) is 14.5 Å². The molecule has 2 rings (SSSR count). The zero-order valence-corrected chi connectivity index (χ0v) is 13.5. The van der Waals surface area contributed by atoms with Gasteiger partial charge in [-0.25, -0.2) is 8.78 Å². The molecule has 0 radical (unpaired) electrons. The standard InChI is InChI=1S/C15H21BrF2N2/c1-3-10(2)14-9-20(6-4-5-19-14)15-12(17)7-11(16)8-13(15)18/h7-8,10,14,19H,3-6,9H2,1-2H3. The van der Waals surface area contributed by atoms with Crippen molar-refractivity contribution in [3.8, 4) is 0 Å². The van der Waals surface area contributed by atoms with E-state index in [1.807, 2.05) is 4.90 Å². The van der Waals surface area contributed by atoms with Crippen LogP contribution in [0.2, 0.25) is 0 Å². The SMILES string of the molecule is CCC(C)C1CN(c2c(F)cc(Br)cc2F)CCCN1. The highest BCUT2D eigenvalue weighted by molar-refractivity contribution is 9.10. The van der Waals surface area contributed by atoms with Gasteiger partial charge >= 0.3 is 0 Å². The number of rotatable bonds is 3. The molecule has 1 aromatic carbocycles. The van der Waals surface area contributed by atoms with E-state index in [1.54, 1.807) is 0 Å². The number of benzene rings is 1. The van der Waals surface area contributed by atoms with Gasteiger partial charge in [0.05, 0.1) is 0 Å². The van der Waals surface area contributed by atoms with Crippen LogP contribution in [-0.2, 0) is 0 Å². The molecule has 0 bridgehead atoms. The van der Waals surface area contributed by atoms with Crippen molar-refractivity contribution in [1.29, 1.82) is 0 Å². The molecule has 1 heterocycles. The lowest BCUT2D eigenvalue weighted by Gasteiger charge is -2.30. The summed E-state index contributed by atoms with van der Waals surface area (Å²) in [6.45, 7) is 6.53. The Morgan fingerprint density at radius 3 is 2.65 bits per heavy atom. The molecule has 2 unspecified atom stereocenters. The van der Waals surface area contributed by atoms with Crippen LogP contribution in [0.1, 0.15) is 26.7 Å². The van der Waals surface area contributed by atoms with Gasteiger partial charge in [0, 0.05) is 23.6 Å². The average molecular weight is 347 g/mol. The Hall–Kier alpha value is -0.680. The second-order valence-electron chi connectivity index (χ2n) is 5.46. The smallest absolute Gasteiger partial charge is 0.150 e. The zero-order valence-electron chi connectivity index (χ0n) is 11.9. The van der Waals surface area contributed by atoms with E-state index in [2.05, 4.69) is 35.1 Å². The van der Waals surface area contributed by atoms with Crippen LogP contribution in [0, 0.1) is 17.6 Å². The van der Waals surface area contributed by atoms with Gasteiger partial charge in [0.2, 0.25) is 0 Å². The molecular weight excluding hydrogens is 326 g/mol. The van der Waals surface area contributed by atoms with Crippen molar-refractivity contribution in [2.24, 2.45) is 5.92 Å². The number of hydrogen-bond acceptors (Lipinski definition) is 2. The molecule has 1 aromatic rings. The summed E-state index contributed by atoms with van der Waals surface area (Å²) in [5.41, 5.74) is 0.102. The van der Waals surface area contributed by atoms with Gasteiger partial charge in [-0.2, -0.15) is 0 Å². The van der Waals surface area contributed by atoms with E-state index in [4.69, 9.17) is 0 Å². The summed E-state index contributed by atoms with van der Waals surface area (Å²) in [5.74, 6) is -0.513. The highest BCUT2D eigenvalue weighted by Gasteiger charge is 2.25. The Morgan fingerprint density at radius 1 is 1.40 bits per heavy atom. The predicted molar refractivity (Wildman–Crippen MR) is 82.1 cm³/mol. The Bertz CT molecular complexity index is 444. The third-order valence-electron chi connectivity index (χ3n) is 4.06. The Balaban J connectivity index is 2.26. The molecule has 1 aliphatic rings. The minimum absolute atomic E-state index is 0.102. The van der Waals surface area contributed by atoms with Crippen LogP contribution in [0.5, 0.6) is 0 Å². The lowest BCUT2D eigenvalue weighted by atomic mass is 9.99. The van der Waals surface area contributed by atoms with Crippen LogP contribution >= 0.6 is 15.9 Å². The van der Waals surface area contributed by atoms with Crippen molar-refractivity contribution < 1.29 is 8.78 Å². The van der Waals surface area contributed by atoms with Crippen LogP contribution in [0.25, 0.3) is 0 Å². The van der Waals surface area contributed by atoms with Crippen molar-refractivity contribution in [1.82, 2.24) is 5.32 Å². The first-order valence-electron chi connectivity index (χ1n) is 7.15. The molecule has 0 amide bonds. The fraction of sp³-hybridized carbons (Fsp3) is 0.600. The first kappa shape index (κ1) is 15.7. The van der Waals surface area contributed by atoms with Gasteiger partial charge in [-0.1, -0.05) is 36.2 Å². The lowest BCUT2D eigenvalue weighted by Crippen LogP contribution is -2.42. The summed E-state index contributed by atoms with van der Waals surface area (Å²) in [6.07, 6.45) is 1.94. The van der Waals surface area contributed by atoms with Crippen LogP contribution < -0.4 is 10.2 Å². The molecule has 0 aromatic heterocycles. The summed E-state index contributed by atoms with van der Waals surface area (Å²) in [4.78, 5) is 1.84. The van der Waals surface area contributed by atoms with Gasteiger partial charge in [0.25, 0.3) is 0 Å². The molecule has 1 N–H and O–H groups in total. The zero-order chi connectivity index (χ0) is 14.7. The molecule has 2 nitrogen and oxygen atoms in total. The molecule has 0 spiro atoms. The molecule has 0 saturated carbocycles. The highest BCUT2D eigenvalue weighted by Crippen LogP contribution is 2.29. The normalized spacial score (nSPS) is 21.6. The lowest BCUT2D eigenvalue weighted by molar-refractivity contribution is 0.382. The monoisotopic (exact) mass is 346 g/mol. The van der Waals surface area contributed by atoms with E-state index in [-0.39, 0.29) is 11.7 Å².